The molecule has 0 aromatic heterocycles. The standard InChI is InChI=1S/C15H20BrNO3/c1-15(9-18-10-15)8-17-7-11-5-12(16)14-13(6-11)19-3-2-4-20-14/h5-6,17H,2-4,7-10H2,1H3. The lowest BCUT2D eigenvalue weighted by atomic mass is 9.89. The minimum atomic E-state index is 0.294. The second-order valence-corrected chi connectivity index (χ2v) is 6.72. The Labute approximate surface area is 127 Å². The van der Waals surface area contributed by atoms with Crippen LogP contribution in [0, 0.1) is 5.41 Å². The zero-order chi connectivity index (χ0) is 14.0. The van der Waals surface area contributed by atoms with Crippen molar-refractivity contribution in [3.05, 3.63) is 22.2 Å². The molecule has 0 radical (unpaired) electrons. The normalized spacial score (nSPS) is 20.1. The van der Waals surface area contributed by atoms with Gasteiger partial charge in [0.2, 0.25) is 0 Å². The Hall–Kier alpha value is -0.780. The van der Waals surface area contributed by atoms with Gasteiger partial charge in [0.1, 0.15) is 0 Å². The highest BCUT2D eigenvalue weighted by atomic mass is 79.9. The average Bonchev–Trinajstić information content (AvgIpc) is 2.62. The quantitative estimate of drug-likeness (QED) is 0.913. The smallest absolute Gasteiger partial charge is 0.175 e. The molecule has 1 saturated heterocycles. The Kier molecular flexibility index (Phi) is 4.19. The number of halogens is 1. The van der Waals surface area contributed by atoms with Gasteiger partial charge < -0.3 is 19.5 Å². The van der Waals surface area contributed by atoms with Gasteiger partial charge in [-0.1, -0.05) is 6.92 Å². The zero-order valence-corrected chi connectivity index (χ0v) is 13.3. The molecule has 1 aromatic carbocycles. The maximum atomic E-state index is 5.75. The van der Waals surface area contributed by atoms with Gasteiger partial charge in [0.25, 0.3) is 0 Å². The van der Waals surface area contributed by atoms with Crippen LogP contribution in [0.25, 0.3) is 0 Å². The van der Waals surface area contributed by atoms with Crippen molar-refractivity contribution in [3.8, 4) is 11.5 Å². The second-order valence-electron chi connectivity index (χ2n) is 5.86. The molecule has 110 valence electrons. The average molecular weight is 342 g/mol. The van der Waals surface area contributed by atoms with Crippen molar-refractivity contribution in [1.82, 2.24) is 5.32 Å². The van der Waals surface area contributed by atoms with E-state index in [0.717, 1.165) is 48.7 Å². The summed E-state index contributed by atoms with van der Waals surface area (Å²) in [5.74, 6) is 1.66. The van der Waals surface area contributed by atoms with Crippen LogP contribution in [0.2, 0.25) is 0 Å². The Morgan fingerprint density at radius 2 is 2.05 bits per heavy atom. The topological polar surface area (TPSA) is 39.7 Å². The molecule has 2 aliphatic rings. The van der Waals surface area contributed by atoms with E-state index in [1.165, 1.54) is 5.56 Å². The van der Waals surface area contributed by atoms with Crippen LogP contribution in [0.4, 0.5) is 0 Å². The Morgan fingerprint density at radius 3 is 2.80 bits per heavy atom. The highest BCUT2D eigenvalue weighted by Gasteiger charge is 2.32. The zero-order valence-electron chi connectivity index (χ0n) is 11.7. The van der Waals surface area contributed by atoms with Crippen molar-refractivity contribution in [1.29, 1.82) is 0 Å². The first-order chi connectivity index (χ1) is 9.66. The van der Waals surface area contributed by atoms with Crippen molar-refractivity contribution >= 4 is 15.9 Å². The van der Waals surface area contributed by atoms with Gasteiger partial charge in [0.15, 0.2) is 11.5 Å². The molecule has 5 heteroatoms. The van der Waals surface area contributed by atoms with Crippen LogP contribution in [0.15, 0.2) is 16.6 Å². The first-order valence-electron chi connectivity index (χ1n) is 7.03. The summed E-state index contributed by atoms with van der Waals surface area (Å²) in [7, 11) is 0. The molecule has 0 spiro atoms. The third-order valence-corrected chi connectivity index (χ3v) is 4.23. The predicted molar refractivity (Wildman–Crippen MR) is 80.4 cm³/mol. The van der Waals surface area contributed by atoms with Gasteiger partial charge in [-0.25, -0.2) is 0 Å². The molecular weight excluding hydrogens is 322 g/mol. The minimum absolute atomic E-state index is 0.294. The van der Waals surface area contributed by atoms with Gasteiger partial charge in [-0.3, -0.25) is 0 Å². The lowest BCUT2D eigenvalue weighted by molar-refractivity contribution is -0.0991. The molecule has 1 N–H and O–H groups in total. The molecule has 0 unspecified atom stereocenters. The third-order valence-electron chi connectivity index (χ3n) is 3.64. The molecule has 2 aliphatic heterocycles. The third kappa shape index (κ3) is 3.10. The molecule has 0 aliphatic carbocycles. The Morgan fingerprint density at radius 1 is 1.25 bits per heavy atom. The summed E-state index contributed by atoms with van der Waals surface area (Å²) < 4.78 is 17.7. The van der Waals surface area contributed by atoms with E-state index in [2.05, 4.69) is 40.3 Å². The number of rotatable bonds is 4. The van der Waals surface area contributed by atoms with Crippen LogP contribution < -0.4 is 14.8 Å². The maximum absolute atomic E-state index is 5.75. The van der Waals surface area contributed by atoms with Gasteiger partial charge in [0.05, 0.1) is 30.9 Å². The molecule has 1 aromatic rings. The molecule has 20 heavy (non-hydrogen) atoms. The van der Waals surface area contributed by atoms with E-state index in [9.17, 15) is 0 Å². The maximum Gasteiger partial charge on any atom is 0.175 e. The lowest BCUT2D eigenvalue weighted by Crippen LogP contribution is -2.47. The SMILES string of the molecule is CC1(CNCc2cc(Br)c3c(c2)OCCCO3)COC1. The van der Waals surface area contributed by atoms with Gasteiger partial charge in [0, 0.05) is 24.9 Å². The van der Waals surface area contributed by atoms with Gasteiger partial charge in [-0.2, -0.15) is 0 Å². The Balaban J connectivity index is 1.64. The van der Waals surface area contributed by atoms with Crippen molar-refractivity contribution in [2.45, 2.75) is 19.9 Å². The van der Waals surface area contributed by atoms with Crippen LogP contribution in [-0.4, -0.2) is 33.0 Å². The molecular formula is C15H20BrNO3. The number of hydrogen-bond donors (Lipinski definition) is 1. The van der Waals surface area contributed by atoms with Crippen molar-refractivity contribution in [2.24, 2.45) is 5.41 Å². The van der Waals surface area contributed by atoms with Crippen LogP contribution in [0.3, 0.4) is 0 Å². The number of ether oxygens (including phenoxy) is 3. The molecule has 1 fully saturated rings. The summed E-state index contributed by atoms with van der Waals surface area (Å²) >= 11 is 3.57. The van der Waals surface area contributed by atoms with Gasteiger partial charge in [-0.15, -0.1) is 0 Å². The van der Waals surface area contributed by atoms with Crippen molar-refractivity contribution < 1.29 is 14.2 Å². The summed E-state index contributed by atoms with van der Waals surface area (Å²) in [6.07, 6.45) is 0.924. The number of fused-ring (bicyclic) bond motifs is 1. The van der Waals surface area contributed by atoms with Gasteiger partial charge in [-0.05, 0) is 33.6 Å². The second kappa shape index (κ2) is 5.92. The largest absolute Gasteiger partial charge is 0.490 e. The molecule has 0 bridgehead atoms. The summed E-state index contributed by atoms with van der Waals surface area (Å²) in [5.41, 5.74) is 1.49. The van der Waals surface area contributed by atoms with Crippen LogP contribution in [0.1, 0.15) is 18.9 Å². The monoisotopic (exact) mass is 341 g/mol. The van der Waals surface area contributed by atoms with E-state index < -0.39 is 0 Å². The van der Waals surface area contributed by atoms with E-state index in [1.54, 1.807) is 0 Å². The summed E-state index contributed by atoms with van der Waals surface area (Å²) in [6, 6.07) is 4.16. The molecule has 4 nitrogen and oxygen atoms in total. The Bertz CT molecular complexity index is 488. The highest BCUT2D eigenvalue weighted by Crippen LogP contribution is 2.38. The molecule has 3 rings (SSSR count). The molecule has 0 saturated carbocycles. The van der Waals surface area contributed by atoms with E-state index in [4.69, 9.17) is 14.2 Å². The summed E-state index contributed by atoms with van der Waals surface area (Å²) in [4.78, 5) is 0. The van der Waals surface area contributed by atoms with Crippen LogP contribution >= 0.6 is 15.9 Å². The van der Waals surface area contributed by atoms with E-state index >= 15 is 0 Å². The molecule has 2 heterocycles. The number of hydrogen-bond acceptors (Lipinski definition) is 4. The lowest BCUT2D eigenvalue weighted by Gasteiger charge is -2.38. The van der Waals surface area contributed by atoms with Crippen molar-refractivity contribution in [2.75, 3.05) is 33.0 Å². The fourth-order valence-corrected chi connectivity index (χ4v) is 3.05. The number of nitrogens with one attached hydrogen (secondary N) is 1. The van der Waals surface area contributed by atoms with Crippen LogP contribution in [0.5, 0.6) is 11.5 Å². The van der Waals surface area contributed by atoms with E-state index in [1.807, 2.05) is 0 Å². The molecule has 0 amide bonds. The fraction of sp³-hybridized carbons (Fsp3) is 0.600. The summed E-state index contributed by atoms with van der Waals surface area (Å²) in [6.45, 7) is 7.17. The predicted octanol–water partition coefficient (Wildman–Crippen LogP) is 2.74. The van der Waals surface area contributed by atoms with E-state index in [0.29, 0.717) is 18.6 Å². The van der Waals surface area contributed by atoms with Crippen LogP contribution in [-0.2, 0) is 11.3 Å². The first-order valence-corrected chi connectivity index (χ1v) is 7.82. The fourth-order valence-electron chi connectivity index (χ4n) is 2.45. The van der Waals surface area contributed by atoms with E-state index in [-0.39, 0.29) is 0 Å². The summed E-state index contributed by atoms with van der Waals surface area (Å²) in [5, 5.41) is 3.50. The van der Waals surface area contributed by atoms with Crippen molar-refractivity contribution in [3.63, 3.8) is 0 Å². The highest BCUT2D eigenvalue weighted by molar-refractivity contribution is 9.10. The molecule has 0 atom stereocenters. The first kappa shape index (κ1) is 14.2. The van der Waals surface area contributed by atoms with Gasteiger partial charge >= 0.3 is 0 Å². The number of benzene rings is 1. The minimum Gasteiger partial charge on any atom is -0.490 e.